The first-order chi connectivity index (χ1) is 11.6. The lowest BCUT2D eigenvalue weighted by atomic mass is 10.2. The maximum atomic E-state index is 5.54. The normalized spacial score (nSPS) is 13.3. The molecule has 0 spiro atoms. The van der Waals surface area contributed by atoms with Gasteiger partial charge in [0.2, 0.25) is 0 Å². The summed E-state index contributed by atoms with van der Waals surface area (Å²) < 4.78 is 5.54. The summed E-state index contributed by atoms with van der Waals surface area (Å²) in [5.41, 5.74) is 0. The van der Waals surface area contributed by atoms with Gasteiger partial charge in [-0.05, 0) is 39.6 Å². The van der Waals surface area contributed by atoms with E-state index < -0.39 is 0 Å². The molecule has 7 heteroatoms. The van der Waals surface area contributed by atoms with Gasteiger partial charge in [0.25, 0.3) is 0 Å². The zero-order valence-corrected chi connectivity index (χ0v) is 15.7. The zero-order chi connectivity index (χ0) is 17.4. The highest BCUT2D eigenvalue weighted by Gasteiger charge is 2.17. The van der Waals surface area contributed by atoms with Gasteiger partial charge in [-0.25, -0.2) is 9.98 Å². The van der Waals surface area contributed by atoms with Crippen LogP contribution >= 0.6 is 11.3 Å². The van der Waals surface area contributed by atoms with E-state index in [1.807, 2.05) is 32.4 Å². The molecule has 1 atom stereocenters. The van der Waals surface area contributed by atoms with E-state index in [1.54, 1.807) is 17.6 Å². The Morgan fingerprint density at radius 3 is 2.79 bits per heavy atom. The van der Waals surface area contributed by atoms with E-state index in [9.17, 15) is 0 Å². The third-order valence-corrected chi connectivity index (χ3v) is 4.75. The van der Waals surface area contributed by atoms with Gasteiger partial charge in [0.1, 0.15) is 10.8 Å². The third-order valence-electron chi connectivity index (χ3n) is 3.62. The number of nitrogens with one attached hydrogen (secondary N) is 2. The first-order valence-electron chi connectivity index (χ1n) is 8.29. The van der Waals surface area contributed by atoms with Crippen molar-refractivity contribution in [1.82, 2.24) is 20.5 Å². The van der Waals surface area contributed by atoms with Crippen LogP contribution in [0.4, 0.5) is 0 Å². The Kier molecular flexibility index (Phi) is 7.27. The number of nitrogens with zero attached hydrogens (tertiary/aromatic N) is 3. The van der Waals surface area contributed by atoms with E-state index in [0.717, 1.165) is 29.7 Å². The third kappa shape index (κ3) is 5.35. The summed E-state index contributed by atoms with van der Waals surface area (Å²) in [6.45, 7) is 6.32. The van der Waals surface area contributed by atoms with Gasteiger partial charge < -0.3 is 15.1 Å². The second kappa shape index (κ2) is 9.44. The number of aryl methyl sites for hydroxylation is 1. The van der Waals surface area contributed by atoms with Gasteiger partial charge in [-0.2, -0.15) is 0 Å². The molecule has 0 aliphatic rings. The molecule has 132 valence electrons. The average Bonchev–Trinajstić information content (AvgIpc) is 3.24. The highest BCUT2D eigenvalue weighted by molar-refractivity contribution is 7.11. The predicted octanol–water partition coefficient (Wildman–Crippen LogP) is 2.66. The van der Waals surface area contributed by atoms with Crippen molar-refractivity contribution >= 4 is 17.3 Å². The molecule has 2 N–H and O–H groups in total. The standard InChI is InChI=1S/C17H27N5OS/c1-5-13-10-19-16(24-13)12-21-17(18-6-2)20-11-14(22(3)4)15-8-7-9-23-15/h7-10,14H,5-6,11-12H2,1-4H3,(H2,18,20,21). The first kappa shape index (κ1) is 18.5. The molecule has 0 radical (unpaired) electrons. The van der Waals surface area contributed by atoms with E-state index >= 15 is 0 Å². The van der Waals surface area contributed by atoms with Crippen molar-refractivity contribution < 1.29 is 4.42 Å². The molecule has 2 rings (SSSR count). The molecule has 2 aromatic rings. The van der Waals surface area contributed by atoms with Crippen LogP contribution in [0.1, 0.15) is 35.5 Å². The van der Waals surface area contributed by atoms with Crippen LogP contribution in [0.25, 0.3) is 0 Å². The monoisotopic (exact) mass is 349 g/mol. The lowest BCUT2D eigenvalue weighted by molar-refractivity contribution is 0.258. The number of furan rings is 1. The number of likely N-dealkylation sites (N-methyl/N-ethyl adjacent to an activating group) is 1. The van der Waals surface area contributed by atoms with Gasteiger partial charge in [0, 0.05) is 24.2 Å². The molecule has 0 aliphatic carbocycles. The fourth-order valence-electron chi connectivity index (χ4n) is 2.28. The summed E-state index contributed by atoms with van der Waals surface area (Å²) in [6.07, 6.45) is 4.67. The van der Waals surface area contributed by atoms with Crippen LogP contribution < -0.4 is 10.6 Å². The minimum atomic E-state index is 0.149. The Hall–Kier alpha value is -1.86. The molecule has 0 bridgehead atoms. The smallest absolute Gasteiger partial charge is 0.191 e. The maximum Gasteiger partial charge on any atom is 0.191 e. The van der Waals surface area contributed by atoms with E-state index in [4.69, 9.17) is 4.42 Å². The largest absolute Gasteiger partial charge is 0.468 e. The Morgan fingerprint density at radius 1 is 1.38 bits per heavy atom. The van der Waals surface area contributed by atoms with Gasteiger partial charge in [-0.15, -0.1) is 11.3 Å². The summed E-state index contributed by atoms with van der Waals surface area (Å²) in [4.78, 5) is 12.5. The highest BCUT2D eigenvalue weighted by atomic mass is 32.1. The van der Waals surface area contributed by atoms with Crippen molar-refractivity contribution in [3.63, 3.8) is 0 Å². The fraction of sp³-hybridized carbons (Fsp3) is 0.529. The Balaban J connectivity index is 1.97. The highest BCUT2D eigenvalue weighted by Crippen LogP contribution is 2.17. The second-order valence-corrected chi connectivity index (χ2v) is 6.84. The zero-order valence-electron chi connectivity index (χ0n) is 14.9. The first-order valence-corrected chi connectivity index (χ1v) is 9.11. The summed E-state index contributed by atoms with van der Waals surface area (Å²) in [7, 11) is 4.08. The van der Waals surface area contributed by atoms with Gasteiger partial charge in [-0.3, -0.25) is 4.90 Å². The summed E-state index contributed by atoms with van der Waals surface area (Å²) in [6, 6.07) is 4.06. The Bertz CT molecular complexity index is 621. The fourth-order valence-corrected chi connectivity index (χ4v) is 3.07. The van der Waals surface area contributed by atoms with Crippen LogP contribution in [-0.2, 0) is 13.0 Å². The van der Waals surface area contributed by atoms with E-state index in [1.165, 1.54) is 4.88 Å². The molecular formula is C17H27N5OS. The van der Waals surface area contributed by atoms with Crippen molar-refractivity contribution in [2.24, 2.45) is 4.99 Å². The SMILES string of the molecule is CCNC(=NCc1ncc(CC)s1)NCC(c1ccco1)N(C)C. The average molecular weight is 350 g/mol. The summed E-state index contributed by atoms with van der Waals surface area (Å²) in [5, 5.41) is 7.72. The molecule has 1 unspecified atom stereocenters. The van der Waals surface area contributed by atoms with Crippen LogP contribution in [0.3, 0.4) is 0 Å². The van der Waals surface area contributed by atoms with E-state index in [2.05, 4.69) is 39.4 Å². The second-order valence-electron chi connectivity index (χ2n) is 5.64. The maximum absolute atomic E-state index is 5.54. The summed E-state index contributed by atoms with van der Waals surface area (Å²) >= 11 is 1.72. The van der Waals surface area contributed by atoms with Crippen molar-refractivity contribution in [1.29, 1.82) is 0 Å². The summed E-state index contributed by atoms with van der Waals surface area (Å²) in [5.74, 6) is 1.74. The minimum absolute atomic E-state index is 0.149. The minimum Gasteiger partial charge on any atom is -0.468 e. The topological polar surface area (TPSA) is 65.7 Å². The van der Waals surface area contributed by atoms with Gasteiger partial charge in [-0.1, -0.05) is 6.92 Å². The lowest BCUT2D eigenvalue weighted by Gasteiger charge is -2.23. The molecule has 24 heavy (non-hydrogen) atoms. The predicted molar refractivity (Wildman–Crippen MR) is 99.4 cm³/mol. The quantitative estimate of drug-likeness (QED) is 0.566. The van der Waals surface area contributed by atoms with Crippen LogP contribution in [0, 0.1) is 0 Å². The number of aromatic nitrogens is 1. The molecule has 0 amide bonds. The van der Waals surface area contributed by atoms with Crippen molar-refractivity contribution in [2.45, 2.75) is 32.9 Å². The molecule has 0 fully saturated rings. The number of rotatable bonds is 8. The molecule has 0 aromatic carbocycles. The molecule has 2 aromatic heterocycles. The number of aliphatic imine (C=N–C) groups is 1. The van der Waals surface area contributed by atoms with Crippen molar-refractivity contribution in [3.05, 3.63) is 40.2 Å². The molecular weight excluding hydrogens is 322 g/mol. The van der Waals surface area contributed by atoms with Crippen LogP contribution in [0.5, 0.6) is 0 Å². The molecule has 6 nitrogen and oxygen atoms in total. The molecule has 2 heterocycles. The van der Waals surface area contributed by atoms with Crippen molar-refractivity contribution in [2.75, 3.05) is 27.2 Å². The van der Waals surface area contributed by atoms with E-state index in [-0.39, 0.29) is 6.04 Å². The number of hydrogen-bond acceptors (Lipinski definition) is 5. The molecule has 0 saturated carbocycles. The number of hydrogen-bond donors (Lipinski definition) is 2. The number of thiazole rings is 1. The van der Waals surface area contributed by atoms with Gasteiger partial charge in [0.05, 0.1) is 18.8 Å². The number of guanidine groups is 1. The van der Waals surface area contributed by atoms with Crippen LogP contribution in [0.2, 0.25) is 0 Å². The van der Waals surface area contributed by atoms with Gasteiger partial charge in [0.15, 0.2) is 5.96 Å². The Morgan fingerprint density at radius 2 is 2.21 bits per heavy atom. The lowest BCUT2D eigenvalue weighted by Crippen LogP contribution is -2.41. The Labute approximate surface area is 148 Å². The van der Waals surface area contributed by atoms with E-state index in [0.29, 0.717) is 13.1 Å². The molecule has 0 aliphatic heterocycles. The van der Waals surface area contributed by atoms with Crippen molar-refractivity contribution in [3.8, 4) is 0 Å². The molecule has 0 saturated heterocycles. The van der Waals surface area contributed by atoms with Gasteiger partial charge >= 0.3 is 0 Å². The van der Waals surface area contributed by atoms with Crippen LogP contribution in [0.15, 0.2) is 34.0 Å². The van der Waals surface area contributed by atoms with Crippen LogP contribution in [-0.4, -0.2) is 43.0 Å².